The van der Waals surface area contributed by atoms with Gasteiger partial charge in [-0.05, 0) is 24.8 Å². The Morgan fingerprint density at radius 1 is 1.09 bits per heavy atom. The Morgan fingerprint density at radius 3 is 1.64 bits per heavy atom. The number of hydrogen-bond donors (Lipinski definition) is 0. The fraction of sp³-hybridized carbons (Fsp3) is 1.00. The fourth-order valence-electron chi connectivity index (χ4n) is 0.613. The average Bonchev–Trinajstić information content (AvgIpc) is 1.89. The van der Waals surface area contributed by atoms with Gasteiger partial charge in [-0.3, -0.25) is 4.57 Å². The first-order chi connectivity index (χ1) is 4.68. The molecule has 0 aromatic carbocycles. The van der Waals surface area contributed by atoms with Gasteiger partial charge in [-0.2, -0.15) is 0 Å². The molecule has 0 aromatic rings. The van der Waals surface area contributed by atoms with E-state index >= 15 is 0 Å². The molecule has 0 fully saturated rings. The van der Waals surface area contributed by atoms with Crippen LogP contribution in [0.5, 0.6) is 0 Å². The normalized spacial score (nSPS) is 10.8. The van der Waals surface area contributed by atoms with E-state index in [9.17, 15) is 4.57 Å². The molecule has 0 aliphatic rings. The van der Waals surface area contributed by atoms with Crippen molar-refractivity contribution in [3.05, 3.63) is 0 Å². The van der Waals surface area contributed by atoms with Crippen LogP contribution in [0.4, 0.5) is 0 Å². The van der Waals surface area contributed by atoms with Gasteiger partial charge >= 0.3 is 7.60 Å². The number of rotatable bonds is 5. The molecule has 0 rings (SSSR count). The van der Waals surface area contributed by atoms with Crippen molar-refractivity contribution in [2.75, 3.05) is 19.4 Å². The maximum atomic E-state index is 11.3. The summed E-state index contributed by atoms with van der Waals surface area (Å²) in [7, 11) is -2.70. The molecule has 0 unspecified atom stereocenters. The second-order valence-electron chi connectivity index (χ2n) is 1.76. The Balaban J connectivity index is 0. The van der Waals surface area contributed by atoms with Crippen molar-refractivity contribution in [1.29, 1.82) is 0 Å². The van der Waals surface area contributed by atoms with Crippen LogP contribution in [0.3, 0.4) is 0 Å². The third kappa shape index (κ3) is 5.62. The van der Waals surface area contributed by atoms with Crippen LogP contribution in [0.25, 0.3) is 0 Å². The number of hydrogen-bond acceptors (Lipinski definition) is 3. The van der Waals surface area contributed by atoms with E-state index in [-0.39, 0.29) is 11.0 Å². The summed E-state index contributed by atoms with van der Waals surface area (Å²) in [4.78, 5) is 0. The third-order valence-electron chi connectivity index (χ3n) is 1.04. The van der Waals surface area contributed by atoms with E-state index < -0.39 is 7.60 Å². The van der Waals surface area contributed by atoms with Crippen molar-refractivity contribution in [2.24, 2.45) is 0 Å². The van der Waals surface area contributed by atoms with Crippen LogP contribution in [0.15, 0.2) is 0 Å². The highest BCUT2D eigenvalue weighted by atomic mass is 31.2. The first-order valence-electron chi connectivity index (χ1n) is 3.56. The Hall–Kier alpha value is 0.367. The Kier molecular flexibility index (Phi) is 8.91. The van der Waals surface area contributed by atoms with E-state index in [4.69, 9.17) is 9.05 Å². The van der Waals surface area contributed by atoms with Gasteiger partial charge in [-0.25, -0.2) is 0 Å². The van der Waals surface area contributed by atoms with E-state index in [2.05, 4.69) is 0 Å². The van der Waals surface area contributed by atoms with Gasteiger partial charge in [0.15, 0.2) is 0 Å². The molecule has 70 valence electrons. The fourth-order valence-corrected chi connectivity index (χ4v) is 1.84. The molecule has 0 N–H and O–H groups in total. The first kappa shape index (κ1) is 13.9. The van der Waals surface area contributed by atoms with Crippen LogP contribution in [-0.4, -0.2) is 30.3 Å². The second-order valence-corrected chi connectivity index (χ2v) is 4.13. The zero-order valence-corrected chi connectivity index (χ0v) is 7.69. The molecule has 0 saturated heterocycles. The standard InChI is InChI=1S/C6H15O3P.H4Si/c1-4-8-10(7,6-3)9-5-2;/h4-6H2,1-3H3;1H4. The molecule has 0 radical (unpaired) electrons. The highest BCUT2D eigenvalue weighted by Gasteiger charge is 2.19. The topological polar surface area (TPSA) is 35.5 Å². The van der Waals surface area contributed by atoms with Gasteiger partial charge in [0.1, 0.15) is 0 Å². The highest BCUT2D eigenvalue weighted by Crippen LogP contribution is 2.47. The summed E-state index contributed by atoms with van der Waals surface area (Å²) in [6.07, 6.45) is 0.453. The van der Waals surface area contributed by atoms with Crippen LogP contribution in [0, 0.1) is 0 Å². The van der Waals surface area contributed by atoms with Gasteiger partial charge in [0.05, 0.1) is 13.2 Å². The zero-order chi connectivity index (χ0) is 8.04. The van der Waals surface area contributed by atoms with Crippen molar-refractivity contribution in [3.8, 4) is 0 Å². The molecule has 0 aliphatic carbocycles. The quantitative estimate of drug-likeness (QED) is 0.484. The average molecular weight is 198 g/mol. The van der Waals surface area contributed by atoms with E-state index in [1.165, 1.54) is 0 Å². The lowest BCUT2D eigenvalue weighted by atomic mass is 10.9. The van der Waals surface area contributed by atoms with Gasteiger partial charge in [0, 0.05) is 6.16 Å². The van der Waals surface area contributed by atoms with Gasteiger partial charge in [-0.1, -0.05) is 6.92 Å². The van der Waals surface area contributed by atoms with Gasteiger partial charge in [0.2, 0.25) is 0 Å². The predicted octanol–water partition coefficient (Wildman–Crippen LogP) is 0.821. The van der Waals surface area contributed by atoms with Gasteiger partial charge in [0.25, 0.3) is 0 Å². The molecular weight excluding hydrogens is 179 g/mol. The van der Waals surface area contributed by atoms with Crippen LogP contribution in [0.1, 0.15) is 20.8 Å². The molecule has 0 bridgehead atoms. The smallest absolute Gasteiger partial charge is 0.309 e. The van der Waals surface area contributed by atoms with Crippen molar-refractivity contribution in [3.63, 3.8) is 0 Å². The monoisotopic (exact) mass is 198 g/mol. The van der Waals surface area contributed by atoms with E-state index in [0.717, 1.165) is 0 Å². The molecule has 0 atom stereocenters. The SMILES string of the molecule is CCOP(=O)(CC)OCC.[SiH4]. The minimum atomic E-state index is -2.70. The Morgan fingerprint density at radius 2 is 1.45 bits per heavy atom. The van der Waals surface area contributed by atoms with E-state index in [1.807, 2.05) is 0 Å². The van der Waals surface area contributed by atoms with Gasteiger partial charge in [-0.15, -0.1) is 0 Å². The van der Waals surface area contributed by atoms with Crippen molar-refractivity contribution < 1.29 is 13.6 Å². The summed E-state index contributed by atoms with van der Waals surface area (Å²) in [6, 6.07) is 0. The maximum Gasteiger partial charge on any atom is 0.330 e. The molecule has 3 nitrogen and oxygen atoms in total. The molecule has 0 saturated carbocycles. The molecule has 0 spiro atoms. The summed E-state index contributed by atoms with van der Waals surface area (Å²) in [6.45, 7) is 6.31. The molecule has 0 heterocycles. The molecule has 0 aliphatic heterocycles. The van der Waals surface area contributed by atoms with Crippen LogP contribution in [-0.2, 0) is 13.6 Å². The lowest BCUT2D eigenvalue weighted by molar-refractivity contribution is 0.221. The van der Waals surface area contributed by atoms with E-state index in [1.54, 1.807) is 20.8 Å². The highest BCUT2D eigenvalue weighted by molar-refractivity contribution is 7.53. The minimum absolute atomic E-state index is 0. The van der Waals surface area contributed by atoms with Crippen LogP contribution in [0.2, 0.25) is 0 Å². The first-order valence-corrected chi connectivity index (χ1v) is 5.29. The van der Waals surface area contributed by atoms with Gasteiger partial charge < -0.3 is 9.05 Å². The minimum Gasteiger partial charge on any atom is -0.309 e. The largest absolute Gasteiger partial charge is 0.330 e. The Bertz CT molecular complexity index is 119. The summed E-state index contributed by atoms with van der Waals surface area (Å²) < 4.78 is 21.2. The maximum absolute atomic E-state index is 11.3. The summed E-state index contributed by atoms with van der Waals surface area (Å²) in [5, 5.41) is 0. The van der Waals surface area contributed by atoms with E-state index in [0.29, 0.717) is 19.4 Å². The van der Waals surface area contributed by atoms with Crippen LogP contribution >= 0.6 is 7.60 Å². The lowest BCUT2D eigenvalue weighted by Crippen LogP contribution is -1.97. The molecular formula is C6H19O3PSi. The summed E-state index contributed by atoms with van der Waals surface area (Å²) >= 11 is 0. The van der Waals surface area contributed by atoms with Crippen molar-refractivity contribution in [1.82, 2.24) is 0 Å². The predicted molar refractivity (Wildman–Crippen MR) is 52.7 cm³/mol. The summed E-state index contributed by atoms with van der Waals surface area (Å²) in [5.41, 5.74) is 0. The molecule has 11 heavy (non-hydrogen) atoms. The summed E-state index contributed by atoms with van der Waals surface area (Å²) in [5.74, 6) is 0. The molecule has 0 aromatic heterocycles. The van der Waals surface area contributed by atoms with Crippen molar-refractivity contribution >= 4 is 18.6 Å². The third-order valence-corrected chi connectivity index (χ3v) is 3.12. The lowest BCUT2D eigenvalue weighted by Gasteiger charge is -2.13. The Labute approximate surface area is 73.0 Å². The zero-order valence-electron chi connectivity index (χ0n) is 6.79. The van der Waals surface area contributed by atoms with Crippen LogP contribution < -0.4 is 0 Å². The second kappa shape index (κ2) is 7.04. The molecule has 0 amide bonds. The molecule has 5 heteroatoms. The van der Waals surface area contributed by atoms with Crippen molar-refractivity contribution in [2.45, 2.75) is 20.8 Å².